The number of hydrogen-bond acceptors (Lipinski definition) is 3. The third-order valence-corrected chi connectivity index (χ3v) is 4.87. The number of nitrogens with one attached hydrogen (secondary N) is 2. The zero-order chi connectivity index (χ0) is 18.4. The van der Waals surface area contributed by atoms with Crippen molar-refractivity contribution in [3.8, 4) is 0 Å². The molecule has 2 N–H and O–H groups in total. The molecule has 0 bridgehead atoms. The Morgan fingerprint density at radius 1 is 1.24 bits per heavy atom. The van der Waals surface area contributed by atoms with Gasteiger partial charge in [-0.05, 0) is 42.9 Å². The highest BCUT2D eigenvalue weighted by molar-refractivity contribution is 5.85. The third-order valence-electron chi connectivity index (χ3n) is 4.87. The van der Waals surface area contributed by atoms with Crippen molar-refractivity contribution in [2.24, 2.45) is 5.92 Å². The lowest BCUT2D eigenvalue weighted by molar-refractivity contribution is -0.123. The first-order chi connectivity index (χ1) is 11.9. The van der Waals surface area contributed by atoms with Gasteiger partial charge < -0.3 is 15.4 Å². The van der Waals surface area contributed by atoms with E-state index >= 15 is 0 Å². The van der Waals surface area contributed by atoms with E-state index in [0.717, 1.165) is 24.8 Å². The standard InChI is InChI=1S/C19H27FN2O3/c1-13(2)11-16(22-18(24)25-3)17(23)21-12-19(9-4-10-19)14-5-7-15(20)8-6-14/h5-8,13,16H,4,9-12H2,1-3H3,(H,21,23)(H,22,24). The number of benzene rings is 1. The van der Waals surface area contributed by atoms with Gasteiger partial charge in [0.05, 0.1) is 7.11 Å². The van der Waals surface area contributed by atoms with E-state index in [0.29, 0.717) is 13.0 Å². The summed E-state index contributed by atoms with van der Waals surface area (Å²) in [7, 11) is 1.28. The van der Waals surface area contributed by atoms with Crippen LogP contribution in [0.2, 0.25) is 0 Å². The molecule has 0 aromatic heterocycles. The van der Waals surface area contributed by atoms with Crippen molar-refractivity contribution in [1.29, 1.82) is 0 Å². The van der Waals surface area contributed by atoms with E-state index in [4.69, 9.17) is 0 Å². The number of carbonyl (C=O) groups excluding carboxylic acids is 2. The van der Waals surface area contributed by atoms with Gasteiger partial charge >= 0.3 is 6.09 Å². The average molecular weight is 350 g/mol. The summed E-state index contributed by atoms with van der Waals surface area (Å²) in [5.74, 6) is -0.225. The Kier molecular flexibility index (Phi) is 6.39. The SMILES string of the molecule is COC(=O)NC(CC(C)C)C(=O)NCC1(c2ccc(F)cc2)CCC1. The molecule has 1 aliphatic rings. The maximum Gasteiger partial charge on any atom is 0.407 e. The number of hydrogen-bond donors (Lipinski definition) is 2. The maximum absolute atomic E-state index is 13.2. The Labute approximate surface area is 148 Å². The van der Waals surface area contributed by atoms with E-state index in [1.54, 1.807) is 12.1 Å². The second-order valence-corrected chi connectivity index (χ2v) is 7.18. The first-order valence-corrected chi connectivity index (χ1v) is 8.74. The van der Waals surface area contributed by atoms with Gasteiger partial charge in [0.15, 0.2) is 0 Å². The molecular formula is C19H27FN2O3. The second kappa shape index (κ2) is 8.32. The molecule has 25 heavy (non-hydrogen) atoms. The number of halogens is 1. The van der Waals surface area contributed by atoms with Crippen LogP contribution in [0.3, 0.4) is 0 Å². The van der Waals surface area contributed by atoms with Crippen LogP contribution in [0.5, 0.6) is 0 Å². The van der Waals surface area contributed by atoms with Crippen LogP contribution in [0.1, 0.15) is 45.1 Å². The van der Waals surface area contributed by atoms with Gasteiger partial charge in [-0.2, -0.15) is 0 Å². The molecule has 2 rings (SSSR count). The van der Waals surface area contributed by atoms with Crippen molar-refractivity contribution >= 4 is 12.0 Å². The minimum Gasteiger partial charge on any atom is -0.453 e. The normalized spacial score (nSPS) is 16.7. The smallest absolute Gasteiger partial charge is 0.407 e. The van der Waals surface area contributed by atoms with Gasteiger partial charge in [-0.25, -0.2) is 9.18 Å². The highest BCUT2D eigenvalue weighted by Gasteiger charge is 2.39. The van der Waals surface area contributed by atoms with Crippen LogP contribution >= 0.6 is 0 Å². The van der Waals surface area contributed by atoms with E-state index in [9.17, 15) is 14.0 Å². The summed E-state index contributed by atoms with van der Waals surface area (Å²) in [5, 5.41) is 5.57. The fraction of sp³-hybridized carbons (Fsp3) is 0.579. The molecule has 1 aromatic carbocycles. The molecule has 0 heterocycles. The molecule has 0 spiro atoms. The van der Waals surface area contributed by atoms with Crippen LogP contribution in [0.4, 0.5) is 9.18 Å². The topological polar surface area (TPSA) is 67.4 Å². The summed E-state index contributed by atoms with van der Waals surface area (Å²) < 4.78 is 17.8. The number of rotatable bonds is 7. The summed E-state index contributed by atoms with van der Waals surface area (Å²) >= 11 is 0. The fourth-order valence-electron chi connectivity index (χ4n) is 3.26. The lowest BCUT2D eigenvalue weighted by Crippen LogP contribution is -2.52. The summed E-state index contributed by atoms with van der Waals surface area (Å²) in [6.45, 7) is 4.46. The van der Waals surface area contributed by atoms with Crippen molar-refractivity contribution in [2.75, 3.05) is 13.7 Å². The quantitative estimate of drug-likeness (QED) is 0.794. The number of carbonyl (C=O) groups is 2. The van der Waals surface area contributed by atoms with Crippen molar-refractivity contribution in [3.05, 3.63) is 35.6 Å². The van der Waals surface area contributed by atoms with Crippen LogP contribution in [-0.4, -0.2) is 31.7 Å². The predicted molar refractivity (Wildman–Crippen MR) is 93.7 cm³/mol. The van der Waals surface area contributed by atoms with Crippen LogP contribution in [0, 0.1) is 11.7 Å². The molecule has 0 radical (unpaired) electrons. The molecule has 1 aliphatic carbocycles. The molecule has 1 atom stereocenters. The Morgan fingerprint density at radius 2 is 1.88 bits per heavy atom. The molecule has 138 valence electrons. The molecule has 2 amide bonds. The van der Waals surface area contributed by atoms with Crippen molar-refractivity contribution in [1.82, 2.24) is 10.6 Å². The highest BCUT2D eigenvalue weighted by Crippen LogP contribution is 2.43. The Hall–Kier alpha value is -2.11. The predicted octanol–water partition coefficient (Wildman–Crippen LogP) is 3.13. The first-order valence-electron chi connectivity index (χ1n) is 8.74. The van der Waals surface area contributed by atoms with Gasteiger partial charge in [-0.1, -0.05) is 32.4 Å². The number of methoxy groups -OCH3 is 1. The molecular weight excluding hydrogens is 323 g/mol. The fourth-order valence-corrected chi connectivity index (χ4v) is 3.26. The monoisotopic (exact) mass is 350 g/mol. The second-order valence-electron chi connectivity index (χ2n) is 7.18. The minimum absolute atomic E-state index is 0.142. The Bertz CT molecular complexity index is 597. The largest absolute Gasteiger partial charge is 0.453 e. The van der Waals surface area contributed by atoms with Gasteiger partial charge in [0.1, 0.15) is 11.9 Å². The number of ether oxygens (including phenoxy) is 1. The molecule has 1 fully saturated rings. The molecule has 1 unspecified atom stereocenters. The number of amides is 2. The third kappa shape index (κ3) is 4.94. The minimum atomic E-state index is -0.627. The molecule has 0 saturated heterocycles. The summed E-state index contributed by atoms with van der Waals surface area (Å²) in [6, 6.07) is 5.87. The van der Waals surface area contributed by atoms with Crippen LogP contribution < -0.4 is 10.6 Å². The van der Waals surface area contributed by atoms with Gasteiger partial charge in [-0.3, -0.25) is 4.79 Å². The van der Waals surface area contributed by atoms with E-state index in [1.165, 1.54) is 19.2 Å². The van der Waals surface area contributed by atoms with Crippen molar-refractivity contribution in [3.63, 3.8) is 0 Å². The number of alkyl carbamates (subject to hydrolysis) is 1. The maximum atomic E-state index is 13.2. The summed E-state index contributed by atoms with van der Waals surface area (Å²) in [4.78, 5) is 24.0. The van der Waals surface area contributed by atoms with E-state index in [1.807, 2.05) is 13.8 Å². The van der Waals surface area contributed by atoms with E-state index in [-0.39, 0.29) is 23.1 Å². The zero-order valence-electron chi connectivity index (χ0n) is 15.1. The van der Waals surface area contributed by atoms with Crippen LogP contribution in [0.15, 0.2) is 24.3 Å². The van der Waals surface area contributed by atoms with Gasteiger partial charge in [-0.15, -0.1) is 0 Å². The summed E-state index contributed by atoms with van der Waals surface area (Å²) in [5.41, 5.74) is 0.901. The van der Waals surface area contributed by atoms with Gasteiger partial charge in [0.25, 0.3) is 0 Å². The molecule has 1 aromatic rings. The lowest BCUT2D eigenvalue weighted by Gasteiger charge is -2.43. The molecule has 0 aliphatic heterocycles. The van der Waals surface area contributed by atoms with E-state index < -0.39 is 12.1 Å². The van der Waals surface area contributed by atoms with Crippen LogP contribution in [0.25, 0.3) is 0 Å². The molecule has 1 saturated carbocycles. The van der Waals surface area contributed by atoms with E-state index in [2.05, 4.69) is 15.4 Å². The van der Waals surface area contributed by atoms with Gasteiger partial charge in [0, 0.05) is 12.0 Å². The molecule has 6 heteroatoms. The lowest BCUT2D eigenvalue weighted by atomic mass is 9.64. The van der Waals surface area contributed by atoms with Gasteiger partial charge in [0.2, 0.25) is 5.91 Å². The highest BCUT2D eigenvalue weighted by atomic mass is 19.1. The summed E-state index contributed by atoms with van der Waals surface area (Å²) in [6.07, 6.45) is 2.92. The van der Waals surface area contributed by atoms with Crippen molar-refractivity contribution in [2.45, 2.75) is 51.0 Å². The Morgan fingerprint density at radius 3 is 2.36 bits per heavy atom. The van der Waals surface area contributed by atoms with Crippen molar-refractivity contribution < 1.29 is 18.7 Å². The Balaban J connectivity index is 2.02. The van der Waals surface area contributed by atoms with Crippen LogP contribution in [-0.2, 0) is 14.9 Å². The zero-order valence-corrected chi connectivity index (χ0v) is 15.1. The average Bonchev–Trinajstić information content (AvgIpc) is 2.54. The molecule has 5 nitrogen and oxygen atoms in total. The first kappa shape index (κ1) is 19.2.